The number of allylic oxidation sites excluding steroid dienone is 2. The first-order valence-corrected chi connectivity index (χ1v) is 6.78. The van der Waals surface area contributed by atoms with Gasteiger partial charge in [-0.2, -0.15) is 0 Å². The summed E-state index contributed by atoms with van der Waals surface area (Å²) in [4.78, 5) is 17.0. The van der Waals surface area contributed by atoms with Crippen LogP contribution in [-0.2, 0) is 4.79 Å². The molecule has 0 bridgehead atoms. The van der Waals surface area contributed by atoms with Gasteiger partial charge in [-0.15, -0.1) is 0 Å². The third-order valence-electron chi connectivity index (χ3n) is 3.89. The number of hydrogen-bond acceptors (Lipinski definition) is 2. The highest BCUT2D eigenvalue weighted by Crippen LogP contribution is 2.34. The largest absolute Gasteiger partial charge is 0.369 e. The Hall–Kier alpha value is -2.29. The topological polar surface area (TPSA) is 36.1 Å². The van der Waals surface area contributed by atoms with E-state index >= 15 is 0 Å². The second kappa shape index (κ2) is 4.67. The van der Waals surface area contributed by atoms with Crippen molar-refractivity contribution in [3.8, 4) is 0 Å². The van der Waals surface area contributed by atoms with Crippen LogP contribution in [0.25, 0.3) is 10.9 Å². The quantitative estimate of drug-likeness (QED) is 0.903. The number of aromatic amines is 1. The van der Waals surface area contributed by atoms with Crippen molar-refractivity contribution in [2.75, 3.05) is 7.05 Å². The van der Waals surface area contributed by atoms with Crippen molar-refractivity contribution in [1.82, 2.24) is 9.88 Å². The van der Waals surface area contributed by atoms with Gasteiger partial charge < -0.3 is 9.88 Å². The standard InChI is InChI=1S/C17H18N2O/c1-11-17(14-6-4-5-7-15(14)18-11)16-9-8-13(12(2)20)10-19(16)3/h4-10,16,18H,1-3H3. The third kappa shape index (κ3) is 1.95. The molecule has 1 N–H and O–H groups in total. The Morgan fingerprint density at radius 1 is 1.30 bits per heavy atom. The maximum absolute atomic E-state index is 11.5. The zero-order chi connectivity index (χ0) is 14.3. The van der Waals surface area contributed by atoms with Crippen LogP contribution in [0.5, 0.6) is 0 Å². The summed E-state index contributed by atoms with van der Waals surface area (Å²) >= 11 is 0. The van der Waals surface area contributed by atoms with Gasteiger partial charge in [0.15, 0.2) is 5.78 Å². The van der Waals surface area contributed by atoms with Gasteiger partial charge in [0.05, 0.1) is 6.04 Å². The van der Waals surface area contributed by atoms with E-state index in [-0.39, 0.29) is 11.8 Å². The van der Waals surface area contributed by atoms with Gasteiger partial charge >= 0.3 is 0 Å². The van der Waals surface area contributed by atoms with E-state index < -0.39 is 0 Å². The van der Waals surface area contributed by atoms with Crippen LogP contribution >= 0.6 is 0 Å². The molecule has 102 valence electrons. The molecule has 1 aromatic heterocycles. The van der Waals surface area contributed by atoms with Crippen LogP contribution in [0.4, 0.5) is 0 Å². The summed E-state index contributed by atoms with van der Waals surface area (Å²) < 4.78 is 0. The number of benzene rings is 1. The van der Waals surface area contributed by atoms with Gasteiger partial charge in [-0.05, 0) is 19.9 Å². The van der Waals surface area contributed by atoms with Gasteiger partial charge in [0.2, 0.25) is 0 Å². The molecule has 2 heterocycles. The summed E-state index contributed by atoms with van der Waals surface area (Å²) in [5, 5.41) is 1.24. The average molecular weight is 266 g/mol. The maximum Gasteiger partial charge on any atom is 0.161 e. The van der Waals surface area contributed by atoms with E-state index in [1.807, 2.05) is 25.4 Å². The van der Waals surface area contributed by atoms with E-state index in [0.29, 0.717) is 0 Å². The van der Waals surface area contributed by atoms with Crippen LogP contribution < -0.4 is 0 Å². The molecule has 1 aliphatic heterocycles. The minimum absolute atomic E-state index is 0.0993. The summed E-state index contributed by atoms with van der Waals surface area (Å²) in [6, 6.07) is 8.49. The Bertz CT molecular complexity index is 737. The van der Waals surface area contributed by atoms with Crippen LogP contribution in [0, 0.1) is 6.92 Å². The number of carbonyl (C=O) groups is 1. The number of H-pyrrole nitrogens is 1. The van der Waals surface area contributed by atoms with Crippen molar-refractivity contribution in [2.24, 2.45) is 0 Å². The first-order valence-electron chi connectivity index (χ1n) is 6.78. The number of Topliss-reactive ketones (excluding diaryl/α,β-unsaturated/α-hetero) is 1. The molecule has 3 heteroatoms. The highest BCUT2D eigenvalue weighted by molar-refractivity contribution is 5.96. The van der Waals surface area contributed by atoms with Crippen molar-refractivity contribution >= 4 is 16.7 Å². The first kappa shape index (κ1) is 12.7. The van der Waals surface area contributed by atoms with Crippen LogP contribution in [0.15, 0.2) is 48.2 Å². The molecule has 0 aliphatic carbocycles. The monoisotopic (exact) mass is 266 g/mol. The molecule has 0 radical (unpaired) electrons. The van der Waals surface area contributed by atoms with Crippen LogP contribution in [0.2, 0.25) is 0 Å². The molecule has 1 atom stereocenters. The Balaban J connectivity index is 2.07. The number of rotatable bonds is 2. The van der Waals surface area contributed by atoms with Crippen molar-refractivity contribution in [3.63, 3.8) is 0 Å². The van der Waals surface area contributed by atoms with Gasteiger partial charge in [0.25, 0.3) is 0 Å². The van der Waals surface area contributed by atoms with Crippen molar-refractivity contribution in [1.29, 1.82) is 0 Å². The van der Waals surface area contributed by atoms with E-state index in [2.05, 4.69) is 41.1 Å². The number of aryl methyl sites for hydroxylation is 1. The zero-order valence-electron chi connectivity index (χ0n) is 12.0. The molecule has 1 aromatic carbocycles. The summed E-state index contributed by atoms with van der Waals surface area (Å²) in [7, 11) is 2.01. The minimum atomic E-state index is 0.0993. The van der Waals surface area contributed by atoms with E-state index in [1.165, 1.54) is 16.6 Å². The van der Waals surface area contributed by atoms with E-state index in [1.54, 1.807) is 6.92 Å². The van der Waals surface area contributed by atoms with Crippen LogP contribution in [0.3, 0.4) is 0 Å². The van der Waals surface area contributed by atoms with E-state index in [9.17, 15) is 4.79 Å². The Labute approximate surface area is 118 Å². The Morgan fingerprint density at radius 3 is 2.75 bits per heavy atom. The first-order chi connectivity index (χ1) is 9.58. The lowest BCUT2D eigenvalue weighted by atomic mass is 9.98. The second-order valence-corrected chi connectivity index (χ2v) is 5.32. The molecule has 2 aromatic rings. The number of nitrogens with zero attached hydrogens (tertiary/aromatic N) is 1. The summed E-state index contributed by atoms with van der Waals surface area (Å²) in [6.45, 7) is 3.70. The lowest BCUT2D eigenvalue weighted by molar-refractivity contribution is -0.113. The molecule has 3 rings (SSSR count). The van der Waals surface area contributed by atoms with Gasteiger partial charge in [-0.3, -0.25) is 4.79 Å². The molecule has 0 fully saturated rings. The number of aromatic nitrogens is 1. The molecule has 0 saturated carbocycles. The number of para-hydroxylation sites is 1. The molecule has 1 aliphatic rings. The zero-order valence-corrected chi connectivity index (χ0v) is 12.0. The van der Waals surface area contributed by atoms with Gasteiger partial charge in [-0.25, -0.2) is 0 Å². The number of carbonyl (C=O) groups excluding carboxylic acids is 1. The van der Waals surface area contributed by atoms with Gasteiger partial charge in [0, 0.05) is 41.0 Å². The fraction of sp³-hybridized carbons (Fsp3) is 0.235. The fourth-order valence-corrected chi connectivity index (χ4v) is 2.86. The maximum atomic E-state index is 11.5. The smallest absolute Gasteiger partial charge is 0.161 e. The average Bonchev–Trinajstić information content (AvgIpc) is 2.74. The van der Waals surface area contributed by atoms with Crippen molar-refractivity contribution in [2.45, 2.75) is 19.9 Å². The highest BCUT2D eigenvalue weighted by Gasteiger charge is 2.22. The second-order valence-electron chi connectivity index (χ2n) is 5.32. The predicted octanol–water partition coefficient (Wildman–Crippen LogP) is 3.49. The summed E-state index contributed by atoms with van der Waals surface area (Å²) in [6.07, 6.45) is 5.95. The molecule has 0 spiro atoms. The van der Waals surface area contributed by atoms with Crippen LogP contribution in [0.1, 0.15) is 24.2 Å². The normalized spacial score (nSPS) is 18.4. The lowest BCUT2D eigenvalue weighted by Crippen LogP contribution is -2.22. The number of hydrogen-bond donors (Lipinski definition) is 1. The van der Waals surface area contributed by atoms with Gasteiger partial charge in [0.1, 0.15) is 0 Å². The molecular formula is C17H18N2O. The van der Waals surface area contributed by atoms with Crippen LogP contribution in [-0.4, -0.2) is 22.7 Å². The molecular weight excluding hydrogens is 248 g/mol. The molecule has 0 amide bonds. The number of fused-ring (bicyclic) bond motifs is 1. The van der Waals surface area contributed by atoms with E-state index in [0.717, 1.165) is 11.1 Å². The molecule has 1 unspecified atom stereocenters. The molecule has 20 heavy (non-hydrogen) atoms. The summed E-state index contributed by atoms with van der Waals surface area (Å²) in [5.41, 5.74) is 4.36. The molecule has 0 saturated heterocycles. The fourth-order valence-electron chi connectivity index (χ4n) is 2.86. The molecule has 3 nitrogen and oxygen atoms in total. The third-order valence-corrected chi connectivity index (χ3v) is 3.89. The minimum Gasteiger partial charge on any atom is -0.369 e. The number of likely N-dealkylation sites (N-methyl/N-ethyl adjacent to an activating group) is 1. The van der Waals surface area contributed by atoms with E-state index in [4.69, 9.17) is 0 Å². The number of nitrogens with one attached hydrogen (secondary N) is 1. The van der Waals surface area contributed by atoms with Gasteiger partial charge in [-0.1, -0.05) is 30.4 Å². The van der Waals surface area contributed by atoms with Crippen molar-refractivity contribution in [3.05, 3.63) is 59.4 Å². The SMILES string of the molecule is CC(=O)C1=CN(C)C(c2c(C)[nH]c3ccccc23)C=C1. The highest BCUT2D eigenvalue weighted by atomic mass is 16.1. The Kier molecular flexibility index (Phi) is 2.97. The van der Waals surface area contributed by atoms with Crippen molar-refractivity contribution < 1.29 is 4.79 Å². The number of ketones is 1. The predicted molar refractivity (Wildman–Crippen MR) is 81.4 cm³/mol. The lowest BCUT2D eigenvalue weighted by Gasteiger charge is -2.28. The Morgan fingerprint density at radius 2 is 2.05 bits per heavy atom. The summed E-state index contributed by atoms with van der Waals surface area (Å²) in [5.74, 6) is 0.0993.